The maximum atomic E-state index is 6.53. The Kier molecular flexibility index (Phi) is 8.39. The molecule has 0 saturated heterocycles. The number of hydrogen-bond donors (Lipinski definition) is 0. The minimum absolute atomic E-state index is 0. The summed E-state index contributed by atoms with van der Waals surface area (Å²) >= 11 is 0. The zero-order valence-corrected chi connectivity index (χ0v) is 21.2. The van der Waals surface area contributed by atoms with Gasteiger partial charge in [0.15, 0.2) is 0 Å². The standard InChI is InChI=1S/C28H26O5.H3P/c1-29-23-15-9-16-24(30-2)27(23)19-11-5-7-13-21(19)33-22-14-8-6-12-20(22)28-25(31-3)17-10-18-26(28)32-4;/h5-18H,1-4H3;1H3. The monoisotopic (exact) mass is 476 g/mol. The van der Waals surface area contributed by atoms with Crippen molar-refractivity contribution in [1.29, 1.82) is 0 Å². The molecule has 4 rings (SSSR count). The maximum Gasteiger partial charge on any atom is 0.135 e. The first-order chi connectivity index (χ1) is 16.2. The zero-order chi connectivity index (χ0) is 23.2. The van der Waals surface area contributed by atoms with E-state index >= 15 is 0 Å². The first-order valence-corrected chi connectivity index (χ1v) is 10.5. The topological polar surface area (TPSA) is 46.2 Å². The number of ether oxygens (including phenoxy) is 5. The molecule has 0 amide bonds. The summed E-state index contributed by atoms with van der Waals surface area (Å²) in [6, 6.07) is 27.0. The van der Waals surface area contributed by atoms with E-state index in [-0.39, 0.29) is 9.90 Å². The zero-order valence-electron chi connectivity index (χ0n) is 19.8. The van der Waals surface area contributed by atoms with Gasteiger partial charge in [0, 0.05) is 11.1 Å². The highest BCUT2D eigenvalue weighted by atomic mass is 31.0. The lowest BCUT2D eigenvalue weighted by molar-refractivity contribution is 0.396. The van der Waals surface area contributed by atoms with Gasteiger partial charge in [-0.1, -0.05) is 48.5 Å². The molecule has 1 atom stereocenters. The molecule has 0 heterocycles. The first-order valence-electron chi connectivity index (χ1n) is 10.5. The molecule has 34 heavy (non-hydrogen) atoms. The van der Waals surface area contributed by atoms with Crippen molar-refractivity contribution in [2.24, 2.45) is 0 Å². The highest BCUT2D eigenvalue weighted by Crippen LogP contribution is 2.47. The van der Waals surface area contributed by atoms with Gasteiger partial charge in [0.2, 0.25) is 0 Å². The van der Waals surface area contributed by atoms with Crippen LogP contribution in [0.3, 0.4) is 0 Å². The van der Waals surface area contributed by atoms with Gasteiger partial charge in [0.25, 0.3) is 0 Å². The molecule has 176 valence electrons. The molecule has 0 aliphatic heterocycles. The van der Waals surface area contributed by atoms with Gasteiger partial charge in [-0.15, -0.1) is 0 Å². The average Bonchev–Trinajstić information content (AvgIpc) is 2.88. The number of rotatable bonds is 8. The quantitative estimate of drug-likeness (QED) is 0.259. The van der Waals surface area contributed by atoms with Gasteiger partial charge < -0.3 is 23.7 Å². The van der Waals surface area contributed by atoms with Crippen LogP contribution < -0.4 is 23.7 Å². The van der Waals surface area contributed by atoms with Crippen molar-refractivity contribution >= 4 is 9.90 Å². The molecule has 0 fully saturated rings. The van der Waals surface area contributed by atoms with Gasteiger partial charge >= 0.3 is 0 Å². The largest absolute Gasteiger partial charge is 0.496 e. The van der Waals surface area contributed by atoms with Crippen molar-refractivity contribution in [2.75, 3.05) is 28.4 Å². The van der Waals surface area contributed by atoms with E-state index in [0.717, 1.165) is 22.3 Å². The molecule has 0 aliphatic carbocycles. The third kappa shape index (κ3) is 4.80. The molecular weight excluding hydrogens is 447 g/mol. The third-order valence-corrected chi connectivity index (χ3v) is 5.39. The SMILES string of the molecule is COc1cccc(OC)c1-c1ccccc1Oc1ccccc1-c1c(OC)cccc1OC.P. The summed E-state index contributed by atoms with van der Waals surface area (Å²) in [7, 11) is 6.58. The molecule has 0 N–H and O–H groups in total. The Hall–Kier alpha value is -3.69. The summed E-state index contributed by atoms with van der Waals surface area (Å²) < 4.78 is 29.1. The normalized spacial score (nSPS) is 10.1. The van der Waals surface area contributed by atoms with Gasteiger partial charge in [-0.05, 0) is 36.4 Å². The van der Waals surface area contributed by atoms with Crippen LogP contribution in [-0.2, 0) is 0 Å². The summed E-state index contributed by atoms with van der Waals surface area (Å²) in [6.07, 6.45) is 0. The molecule has 1 unspecified atom stereocenters. The second-order valence-electron chi connectivity index (χ2n) is 7.17. The van der Waals surface area contributed by atoms with Crippen molar-refractivity contribution in [1.82, 2.24) is 0 Å². The molecule has 6 heteroatoms. The molecule has 4 aromatic rings. The van der Waals surface area contributed by atoms with Crippen molar-refractivity contribution in [3.63, 3.8) is 0 Å². The van der Waals surface area contributed by atoms with Crippen LogP contribution >= 0.6 is 9.90 Å². The number of methoxy groups -OCH3 is 4. The van der Waals surface area contributed by atoms with Gasteiger partial charge in [0.05, 0.1) is 39.6 Å². The lowest BCUT2D eigenvalue weighted by Gasteiger charge is -2.19. The van der Waals surface area contributed by atoms with Crippen molar-refractivity contribution in [3.05, 3.63) is 84.9 Å². The highest BCUT2D eigenvalue weighted by Gasteiger charge is 2.20. The Morgan fingerprint density at radius 3 is 1.00 bits per heavy atom. The van der Waals surface area contributed by atoms with E-state index in [1.165, 1.54) is 0 Å². The Bertz CT molecular complexity index is 1110. The van der Waals surface area contributed by atoms with Crippen LogP contribution in [0.5, 0.6) is 34.5 Å². The average molecular weight is 477 g/mol. The van der Waals surface area contributed by atoms with Gasteiger partial charge in [0.1, 0.15) is 34.5 Å². The third-order valence-electron chi connectivity index (χ3n) is 5.39. The molecule has 0 spiro atoms. The van der Waals surface area contributed by atoms with E-state index in [2.05, 4.69) is 0 Å². The van der Waals surface area contributed by atoms with Crippen molar-refractivity contribution < 1.29 is 23.7 Å². The summed E-state index contributed by atoms with van der Waals surface area (Å²) in [5.74, 6) is 4.13. The summed E-state index contributed by atoms with van der Waals surface area (Å²) in [5.41, 5.74) is 3.36. The predicted molar refractivity (Wildman–Crippen MR) is 141 cm³/mol. The van der Waals surface area contributed by atoms with Crippen LogP contribution in [0.4, 0.5) is 0 Å². The molecule has 4 aromatic carbocycles. The van der Waals surface area contributed by atoms with E-state index in [1.54, 1.807) is 28.4 Å². The molecule has 0 aromatic heterocycles. The van der Waals surface area contributed by atoms with Crippen LogP contribution in [0, 0.1) is 0 Å². The van der Waals surface area contributed by atoms with E-state index in [1.807, 2.05) is 84.9 Å². The van der Waals surface area contributed by atoms with E-state index in [4.69, 9.17) is 23.7 Å². The maximum absolute atomic E-state index is 6.53. The number of para-hydroxylation sites is 2. The Labute approximate surface area is 203 Å². The molecule has 5 nitrogen and oxygen atoms in total. The Morgan fingerprint density at radius 2 is 0.676 bits per heavy atom. The smallest absolute Gasteiger partial charge is 0.135 e. The molecule has 0 radical (unpaired) electrons. The highest BCUT2D eigenvalue weighted by molar-refractivity contribution is 6.92. The van der Waals surface area contributed by atoms with E-state index in [0.29, 0.717) is 34.5 Å². The van der Waals surface area contributed by atoms with Crippen molar-refractivity contribution in [3.8, 4) is 56.8 Å². The van der Waals surface area contributed by atoms with Crippen LogP contribution in [0.25, 0.3) is 22.3 Å². The van der Waals surface area contributed by atoms with E-state index in [9.17, 15) is 0 Å². The summed E-state index contributed by atoms with van der Waals surface area (Å²) in [6.45, 7) is 0. The fourth-order valence-electron chi connectivity index (χ4n) is 3.88. The number of hydrogen-bond acceptors (Lipinski definition) is 5. The number of benzene rings is 4. The molecule has 0 saturated carbocycles. The Balaban J connectivity index is 0.00000324. The second-order valence-corrected chi connectivity index (χ2v) is 7.17. The molecule has 0 bridgehead atoms. The lowest BCUT2D eigenvalue weighted by atomic mass is 10.0. The van der Waals surface area contributed by atoms with E-state index < -0.39 is 0 Å². The van der Waals surface area contributed by atoms with Crippen LogP contribution in [0.2, 0.25) is 0 Å². The minimum atomic E-state index is 0. The first kappa shape index (κ1) is 24.9. The van der Waals surface area contributed by atoms with Crippen LogP contribution in [0.1, 0.15) is 0 Å². The van der Waals surface area contributed by atoms with Crippen LogP contribution in [0.15, 0.2) is 84.9 Å². The summed E-state index contributed by atoms with van der Waals surface area (Å²) in [4.78, 5) is 0. The fraction of sp³-hybridized carbons (Fsp3) is 0.143. The summed E-state index contributed by atoms with van der Waals surface area (Å²) in [5, 5.41) is 0. The lowest BCUT2D eigenvalue weighted by Crippen LogP contribution is -1.97. The fourth-order valence-corrected chi connectivity index (χ4v) is 3.88. The van der Waals surface area contributed by atoms with Gasteiger partial charge in [-0.3, -0.25) is 0 Å². The van der Waals surface area contributed by atoms with Crippen molar-refractivity contribution in [2.45, 2.75) is 0 Å². The van der Waals surface area contributed by atoms with Gasteiger partial charge in [-0.25, -0.2) is 0 Å². The molecule has 0 aliphatic rings. The second kappa shape index (κ2) is 11.4. The Morgan fingerprint density at radius 1 is 0.382 bits per heavy atom. The minimum Gasteiger partial charge on any atom is -0.496 e. The van der Waals surface area contributed by atoms with Gasteiger partial charge in [-0.2, -0.15) is 9.90 Å². The molecular formula is C28H29O5P. The van der Waals surface area contributed by atoms with Crippen LogP contribution in [-0.4, -0.2) is 28.4 Å². The predicted octanol–water partition coefficient (Wildman–Crippen LogP) is 6.91.